The van der Waals surface area contributed by atoms with Crippen molar-refractivity contribution in [2.24, 2.45) is 11.8 Å². The van der Waals surface area contributed by atoms with Crippen molar-refractivity contribution in [2.45, 2.75) is 19.3 Å². The summed E-state index contributed by atoms with van der Waals surface area (Å²) in [6.45, 7) is 4.92. The Morgan fingerprint density at radius 3 is 2.73 bits per heavy atom. The molecule has 2 fully saturated rings. The molecule has 0 spiro atoms. The van der Waals surface area contributed by atoms with E-state index in [1.165, 1.54) is 11.8 Å². The van der Waals surface area contributed by atoms with Gasteiger partial charge in [0.15, 0.2) is 0 Å². The van der Waals surface area contributed by atoms with Gasteiger partial charge in [-0.15, -0.1) is 0 Å². The summed E-state index contributed by atoms with van der Waals surface area (Å²) >= 11 is 0. The van der Waals surface area contributed by atoms with Crippen molar-refractivity contribution in [2.75, 3.05) is 38.2 Å². The van der Waals surface area contributed by atoms with E-state index in [-0.39, 0.29) is 11.8 Å². The molecule has 2 saturated heterocycles. The van der Waals surface area contributed by atoms with E-state index in [9.17, 15) is 4.79 Å². The Balaban J connectivity index is 1.20. The molecule has 5 heteroatoms. The molecule has 1 atom stereocenters. The zero-order chi connectivity index (χ0) is 20.3. The lowest BCUT2D eigenvalue weighted by molar-refractivity contribution is -0.121. The Kier molecular flexibility index (Phi) is 5.56. The number of ether oxygens (including phenoxy) is 1. The molecule has 2 N–H and O–H groups in total. The minimum Gasteiger partial charge on any atom is -0.381 e. The summed E-state index contributed by atoms with van der Waals surface area (Å²) in [5.41, 5.74) is 4.13. The molecular weight excluding hydrogens is 374 g/mol. The van der Waals surface area contributed by atoms with Gasteiger partial charge in [0.05, 0.1) is 6.61 Å². The molecule has 2 aromatic carbocycles. The third kappa shape index (κ3) is 4.27. The van der Waals surface area contributed by atoms with Gasteiger partial charge in [-0.05, 0) is 62.5 Å². The second-order valence-electron chi connectivity index (χ2n) is 8.64. The first-order chi connectivity index (χ1) is 14.7. The number of amides is 1. The number of hydrogen-bond acceptors (Lipinski definition) is 3. The minimum absolute atomic E-state index is 0.0952. The van der Waals surface area contributed by atoms with Crippen molar-refractivity contribution in [1.82, 2.24) is 9.88 Å². The van der Waals surface area contributed by atoms with Gasteiger partial charge in [-0.2, -0.15) is 0 Å². The predicted molar refractivity (Wildman–Crippen MR) is 120 cm³/mol. The molecule has 5 nitrogen and oxygen atoms in total. The number of likely N-dealkylation sites (tertiary alicyclic amines) is 1. The van der Waals surface area contributed by atoms with Gasteiger partial charge in [0.2, 0.25) is 5.91 Å². The van der Waals surface area contributed by atoms with Crippen LogP contribution in [-0.4, -0.2) is 48.6 Å². The van der Waals surface area contributed by atoms with Crippen LogP contribution < -0.4 is 5.32 Å². The minimum atomic E-state index is 0.0952. The Hall–Kier alpha value is -2.63. The van der Waals surface area contributed by atoms with Gasteiger partial charge in [0, 0.05) is 46.9 Å². The number of aromatic nitrogens is 1. The number of carbonyl (C=O) groups is 1. The van der Waals surface area contributed by atoms with Crippen LogP contribution in [0.5, 0.6) is 0 Å². The van der Waals surface area contributed by atoms with E-state index in [0.29, 0.717) is 5.92 Å². The van der Waals surface area contributed by atoms with Crippen molar-refractivity contribution in [3.8, 4) is 11.3 Å². The van der Waals surface area contributed by atoms with Crippen LogP contribution in [0.2, 0.25) is 0 Å². The van der Waals surface area contributed by atoms with Gasteiger partial charge >= 0.3 is 0 Å². The molecule has 156 valence electrons. The highest BCUT2D eigenvalue weighted by Crippen LogP contribution is 2.27. The summed E-state index contributed by atoms with van der Waals surface area (Å²) in [4.78, 5) is 18.8. The van der Waals surface area contributed by atoms with Gasteiger partial charge in [0.25, 0.3) is 0 Å². The quantitative estimate of drug-likeness (QED) is 0.658. The number of rotatable bonds is 5. The third-order valence-electron chi connectivity index (χ3n) is 6.47. The summed E-state index contributed by atoms with van der Waals surface area (Å²) in [5, 5.41) is 4.34. The lowest BCUT2D eigenvalue weighted by atomic mass is 9.94. The first-order valence-electron chi connectivity index (χ1n) is 11.0. The molecule has 0 saturated carbocycles. The van der Waals surface area contributed by atoms with Gasteiger partial charge in [-0.3, -0.25) is 4.79 Å². The average Bonchev–Trinajstić information content (AvgIpc) is 3.44. The van der Waals surface area contributed by atoms with E-state index in [2.05, 4.69) is 45.5 Å². The van der Waals surface area contributed by atoms with E-state index in [1.54, 1.807) is 0 Å². The van der Waals surface area contributed by atoms with E-state index < -0.39 is 0 Å². The number of para-hydroxylation sites is 1. The van der Waals surface area contributed by atoms with Gasteiger partial charge in [-0.1, -0.05) is 30.3 Å². The summed E-state index contributed by atoms with van der Waals surface area (Å²) in [7, 11) is 0. The van der Waals surface area contributed by atoms with Crippen LogP contribution in [0.4, 0.5) is 5.69 Å². The number of nitrogens with zero attached hydrogens (tertiary/aromatic N) is 1. The van der Waals surface area contributed by atoms with Crippen LogP contribution in [0.15, 0.2) is 54.6 Å². The van der Waals surface area contributed by atoms with E-state index in [1.807, 2.05) is 24.3 Å². The Bertz CT molecular complexity index is 981. The molecule has 3 heterocycles. The number of aromatic amines is 1. The molecule has 0 bridgehead atoms. The fourth-order valence-corrected chi connectivity index (χ4v) is 4.71. The van der Waals surface area contributed by atoms with Crippen LogP contribution >= 0.6 is 0 Å². The number of carbonyl (C=O) groups excluding carboxylic acids is 1. The number of anilines is 1. The molecule has 30 heavy (non-hydrogen) atoms. The topological polar surface area (TPSA) is 57.4 Å². The fraction of sp³-hybridized carbons (Fsp3) is 0.400. The van der Waals surface area contributed by atoms with Gasteiger partial charge in [0.1, 0.15) is 0 Å². The van der Waals surface area contributed by atoms with Crippen LogP contribution in [0.25, 0.3) is 22.2 Å². The maximum absolute atomic E-state index is 12.8. The summed E-state index contributed by atoms with van der Waals surface area (Å²) in [5.74, 6) is 0.910. The molecule has 0 aliphatic carbocycles. The molecule has 1 aromatic heterocycles. The fourth-order valence-electron chi connectivity index (χ4n) is 4.71. The predicted octanol–water partition coefficient (Wildman–Crippen LogP) is 4.52. The maximum Gasteiger partial charge on any atom is 0.227 e. The zero-order valence-electron chi connectivity index (χ0n) is 17.3. The van der Waals surface area contributed by atoms with E-state index in [4.69, 9.17) is 4.74 Å². The molecular formula is C25H29N3O2. The van der Waals surface area contributed by atoms with Crippen molar-refractivity contribution in [3.63, 3.8) is 0 Å². The lowest BCUT2D eigenvalue weighted by Crippen LogP contribution is -2.40. The number of piperidine rings is 1. The highest BCUT2D eigenvalue weighted by atomic mass is 16.5. The third-order valence-corrected chi connectivity index (χ3v) is 6.47. The highest BCUT2D eigenvalue weighted by molar-refractivity contribution is 5.93. The molecule has 0 radical (unpaired) electrons. The van der Waals surface area contributed by atoms with Crippen LogP contribution in [-0.2, 0) is 9.53 Å². The van der Waals surface area contributed by atoms with Crippen LogP contribution in [0, 0.1) is 11.8 Å². The second kappa shape index (κ2) is 8.62. The smallest absolute Gasteiger partial charge is 0.227 e. The van der Waals surface area contributed by atoms with E-state index >= 15 is 0 Å². The van der Waals surface area contributed by atoms with E-state index in [0.717, 1.165) is 68.2 Å². The normalized spacial score (nSPS) is 20.6. The molecule has 5 rings (SSSR count). The maximum atomic E-state index is 12.8. The number of fused-ring (bicyclic) bond motifs is 1. The summed E-state index contributed by atoms with van der Waals surface area (Å²) < 4.78 is 5.49. The van der Waals surface area contributed by atoms with Crippen molar-refractivity contribution < 1.29 is 9.53 Å². The highest BCUT2D eigenvalue weighted by Gasteiger charge is 2.27. The lowest BCUT2D eigenvalue weighted by Gasteiger charge is -2.32. The Labute approximate surface area is 177 Å². The van der Waals surface area contributed by atoms with Crippen molar-refractivity contribution in [1.29, 1.82) is 0 Å². The van der Waals surface area contributed by atoms with Gasteiger partial charge < -0.3 is 19.9 Å². The molecule has 2 aliphatic heterocycles. The van der Waals surface area contributed by atoms with Crippen LogP contribution in [0.1, 0.15) is 19.3 Å². The van der Waals surface area contributed by atoms with Crippen LogP contribution in [0.3, 0.4) is 0 Å². The zero-order valence-corrected chi connectivity index (χ0v) is 17.3. The largest absolute Gasteiger partial charge is 0.381 e. The average molecular weight is 404 g/mol. The summed E-state index contributed by atoms with van der Waals surface area (Å²) in [6.07, 6.45) is 3.04. The molecule has 2 aliphatic rings. The monoisotopic (exact) mass is 403 g/mol. The number of hydrogen-bond donors (Lipinski definition) is 2. The number of nitrogens with one attached hydrogen (secondary N) is 2. The Morgan fingerprint density at radius 2 is 1.93 bits per heavy atom. The number of benzene rings is 2. The first-order valence-corrected chi connectivity index (χ1v) is 11.0. The Morgan fingerprint density at radius 1 is 1.07 bits per heavy atom. The summed E-state index contributed by atoms with van der Waals surface area (Å²) in [6, 6.07) is 18.5. The number of H-pyrrole nitrogens is 1. The second-order valence-corrected chi connectivity index (χ2v) is 8.64. The van der Waals surface area contributed by atoms with Gasteiger partial charge in [-0.25, -0.2) is 0 Å². The first kappa shape index (κ1) is 19.3. The van der Waals surface area contributed by atoms with Crippen molar-refractivity contribution >= 4 is 22.5 Å². The van der Waals surface area contributed by atoms with Crippen molar-refractivity contribution in [3.05, 3.63) is 54.6 Å². The SMILES string of the molecule is O=C(Nc1cccc(-c2cc3ccccc3[nH]2)c1)C1CCN(C[C@H]2CCOC2)CC1. The molecule has 0 unspecified atom stereocenters. The molecule has 1 amide bonds. The standard InChI is InChI=1S/C25H29N3O2/c29-25(19-8-11-28(12-9-19)16-18-10-13-30-17-18)26-22-6-3-5-20(14-22)24-15-21-4-1-2-7-23(21)27-24/h1-7,14-15,18-19,27H,8-13,16-17H2,(H,26,29)/t18-/m1/s1. The molecule has 3 aromatic rings.